The molecule has 128 valence electrons. The Kier molecular flexibility index (Phi) is 4.08. The van der Waals surface area contributed by atoms with Crippen molar-refractivity contribution in [3.05, 3.63) is 0 Å². The Morgan fingerprint density at radius 3 is 2.09 bits per heavy atom. The summed E-state index contributed by atoms with van der Waals surface area (Å²) in [4.78, 5) is 24.3. The predicted octanol–water partition coefficient (Wildman–Crippen LogP) is 2.03. The Labute approximate surface area is 138 Å². The standard InChI is InChI=1S/C18H29N3O2/c22-16(15-1-3-19-4-2-15)21-17(23)20-11-18-8-12-5-13(9-18)7-14(6-12)10-18/h12-15,19H,1-11H2,(H2,20,21,22,23). The smallest absolute Gasteiger partial charge is 0.321 e. The molecule has 1 saturated heterocycles. The first-order valence-electron chi connectivity index (χ1n) is 9.41. The summed E-state index contributed by atoms with van der Waals surface area (Å²) in [5, 5.41) is 8.83. The minimum absolute atomic E-state index is 0.0125. The molecule has 5 rings (SSSR count). The molecule has 4 aliphatic carbocycles. The highest BCUT2D eigenvalue weighted by Gasteiger charge is 2.50. The third-order valence-corrected chi connectivity index (χ3v) is 6.74. The number of imide groups is 1. The summed E-state index contributed by atoms with van der Waals surface area (Å²) in [6.45, 7) is 2.49. The first-order chi connectivity index (χ1) is 11.1. The third-order valence-electron chi connectivity index (χ3n) is 6.74. The van der Waals surface area contributed by atoms with Gasteiger partial charge in [-0.25, -0.2) is 4.79 Å². The number of carbonyl (C=O) groups is 2. The Morgan fingerprint density at radius 2 is 1.52 bits per heavy atom. The zero-order valence-electron chi connectivity index (χ0n) is 13.9. The first kappa shape index (κ1) is 15.4. The normalized spacial score (nSPS) is 39.2. The SMILES string of the molecule is O=C(NCC12CC3CC(CC(C3)C1)C2)NC(=O)C1CCNCC1. The van der Waals surface area contributed by atoms with Crippen LogP contribution < -0.4 is 16.0 Å². The van der Waals surface area contributed by atoms with Gasteiger partial charge in [0, 0.05) is 12.5 Å². The Bertz CT molecular complexity index is 449. The van der Waals surface area contributed by atoms with Crippen molar-refractivity contribution in [1.29, 1.82) is 0 Å². The lowest BCUT2D eigenvalue weighted by Crippen LogP contribution is -2.53. The van der Waals surface area contributed by atoms with E-state index >= 15 is 0 Å². The van der Waals surface area contributed by atoms with E-state index in [2.05, 4.69) is 16.0 Å². The predicted molar refractivity (Wildman–Crippen MR) is 87.7 cm³/mol. The van der Waals surface area contributed by atoms with Gasteiger partial charge in [-0.3, -0.25) is 10.1 Å². The average molecular weight is 319 g/mol. The molecule has 0 spiro atoms. The van der Waals surface area contributed by atoms with Gasteiger partial charge in [-0.05, 0) is 87.6 Å². The van der Waals surface area contributed by atoms with E-state index < -0.39 is 0 Å². The van der Waals surface area contributed by atoms with Crippen molar-refractivity contribution < 1.29 is 9.59 Å². The van der Waals surface area contributed by atoms with Crippen molar-refractivity contribution >= 4 is 11.9 Å². The maximum absolute atomic E-state index is 12.1. The van der Waals surface area contributed by atoms with Crippen LogP contribution in [0.25, 0.3) is 0 Å². The molecule has 5 heteroatoms. The molecule has 23 heavy (non-hydrogen) atoms. The molecular formula is C18H29N3O2. The number of piperidine rings is 1. The summed E-state index contributed by atoms with van der Waals surface area (Å²) in [5.41, 5.74) is 0.323. The van der Waals surface area contributed by atoms with Gasteiger partial charge in [-0.1, -0.05) is 0 Å². The average Bonchev–Trinajstić information content (AvgIpc) is 2.53. The lowest BCUT2D eigenvalue weighted by atomic mass is 9.49. The number of nitrogens with one attached hydrogen (secondary N) is 3. The van der Waals surface area contributed by atoms with Crippen LogP contribution in [-0.2, 0) is 4.79 Å². The summed E-state index contributed by atoms with van der Waals surface area (Å²) < 4.78 is 0. The van der Waals surface area contributed by atoms with Gasteiger partial charge in [0.1, 0.15) is 0 Å². The highest BCUT2D eigenvalue weighted by atomic mass is 16.2. The van der Waals surface area contributed by atoms with E-state index in [1.165, 1.54) is 38.5 Å². The molecule has 0 unspecified atom stereocenters. The summed E-state index contributed by atoms with van der Waals surface area (Å²) in [5.74, 6) is 2.56. The molecule has 0 radical (unpaired) electrons. The van der Waals surface area contributed by atoms with Crippen LogP contribution in [0.2, 0.25) is 0 Å². The van der Waals surface area contributed by atoms with E-state index in [1.54, 1.807) is 0 Å². The van der Waals surface area contributed by atoms with Crippen LogP contribution in [0.1, 0.15) is 51.4 Å². The molecule has 1 heterocycles. The molecule has 0 atom stereocenters. The van der Waals surface area contributed by atoms with E-state index in [0.717, 1.165) is 50.2 Å². The van der Waals surface area contributed by atoms with Crippen LogP contribution in [0.3, 0.4) is 0 Å². The molecule has 5 nitrogen and oxygen atoms in total. The number of rotatable bonds is 3. The van der Waals surface area contributed by atoms with Gasteiger partial charge in [0.25, 0.3) is 0 Å². The summed E-state index contributed by atoms with van der Waals surface area (Å²) >= 11 is 0. The minimum atomic E-state index is -0.288. The molecule has 5 aliphatic rings. The van der Waals surface area contributed by atoms with E-state index in [0.29, 0.717) is 5.41 Å². The van der Waals surface area contributed by atoms with Crippen molar-refractivity contribution in [2.24, 2.45) is 29.1 Å². The molecule has 0 aromatic rings. The van der Waals surface area contributed by atoms with Crippen LogP contribution in [-0.4, -0.2) is 31.6 Å². The molecule has 4 saturated carbocycles. The monoisotopic (exact) mass is 319 g/mol. The van der Waals surface area contributed by atoms with E-state index in [4.69, 9.17) is 0 Å². The van der Waals surface area contributed by atoms with Gasteiger partial charge < -0.3 is 10.6 Å². The van der Waals surface area contributed by atoms with Gasteiger partial charge in [0.15, 0.2) is 0 Å². The lowest BCUT2D eigenvalue weighted by Gasteiger charge is -2.56. The van der Waals surface area contributed by atoms with Gasteiger partial charge in [0.05, 0.1) is 0 Å². The quantitative estimate of drug-likeness (QED) is 0.745. The molecule has 1 aliphatic heterocycles. The highest BCUT2D eigenvalue weighted by Crippen LogP contribution is 2.59. The zero-order valence-corrected chi connectivity index (χ0v) is 13.9. The van der Waals surface area contributed by atoms with E-state index in [1.807, 2.05) is 0 Å². The number of hydrogen-bond donors (Lipinski definition) is 3. The fourth-order valence-electron chi connectivity index (χ4n) is 6.12. The minimum Gasteiger partial charge on any atom is -0.337 e. The highest BCUT2D eigenvalue weighted by molar-refractivity contribution is 5.95. The van der Waals surface area contributed by atoms with Gasteiger partial charge >= 0.3 is 6.03 Å². The fourth-order valence-corrected chi connectivity index (χ4v) is 6.12. The van der Waals surface area contributed by atoms with Crippen LogP contribution >= 0.6 is 0 Å². The van der Waals surface area contributed by atoms with Crippen molar-refractivity contribution in [2.75, 3.05) is 19.6 Å². The number of carbonyl (C=O) groups excluding carboxylic acids is 2. The molecule has 3 N–H and O–H groups in total. The molecule has 5 fully saturated rings. The molecular weight excluding hydrogens is 290 g/mol. The molecule has 0 aromatic heterocycles. The first-order valence-corrected chi connectivity index (χ1v) is 9.41. The second kappa shape index (κ2) is 6.08. The van der Waals surface area contributed by atoms with Gasteiger partial charge in [0.2, 0.25) is 5.91 Å². The van der Waals surface area contributed by atoms with Crippen LogP contribution in [0.5, 0.6) is 0 Å². The summed E-state index contributed by atoms with van der Waals surface area (Å²) in [7, 11) is 0. The number of urea groups is 1. The van der Waals surface area contributed by atoms with Crippen molar-refractivity contribution in [3.63, 3.8) is 0 Å². The zero-order chi connectivity index (χ0) is 15.9. The van der Waals surface area contributed by atoms with Crippen molar-refractivity contribution in [3.8, 4) is 0 Å². The molecule has 3 amide bonds. The maximum atomic E-state index is 12.1. The topological polar surface area (TPSA) is 70.2 Å². The van der Waals surface area contributed by atoms with E-state index in [-0.39, 0.29) is 17.9 Å². The van der Waals surface area contributed by atoms with Crippen LogP contribution in [0.4, 0.5) is 4.79 Å². The molecule has 4 bridgehead atoms. The van der Waals surface area contributed by atoms with E-state index in [9.17, 15) is 9.59 Å². The lowest BCUT2D eigenvalue weighted by molar-refractivity contribution is -0.124. The fraction of sp³-hybridized carbons (Fsp3) is 0.889. The number of hydrogen-bond acceptors (Lipinski definition) is 3. The van der Waals surface area contributed by atoms with Crippen LogP contribution in [0, 0.1) is 29.1 Å². The van der Waals surface area contributed by atoms with Gasteiger partial charge in [-0.15, -0.1) is 0 Å². The second-order valence-corrected chi connectivity index (χ2v) is 8.61. The third kappa shape index (κ3) is 3.25. The largest absolute Gasteiger partial charge is 0.337 e. The van der Waals surface area contributed by atoms with Crippen molar-refractivity contribution in [2.45, 2.75) is 51.4 Å². The Morgan fingerprint density at radius 1 is 0.957 bits per heavy atom. The number of amides is 3. The Hall–Kier alpha value is -1.10. The van der Waals surface area contributed by atoms with Crippen LogP contribution in [0.15, 0.2) is 0 Å². The molecule has 0 aromatic carbocycles. The Balaban J connectivity index is 1.27. The summed E-state index contributed by atoms with van der Waals surface area (Å²) in [6.07, 6.45) is 9.74. The second-order valence-electron chi connectivity index (χ2n) is 8.61. The summed E-state index contributed by atoms with van der Waals surface area (Å²) in [6, 6.07) is -0.288. The van der Waals surface area contributed by atoms with Crippen molar-refractivity contribution in [1.82, 2.24) is 16.0 Å². The maximum Gasteiger partial charge on any atom is 0.321 e. The van der Waals surface area contributed by atoms with Gasteiger partial charge in [-0.2, -0.15) is 0 Å².